The monoisotopic (exact) mass is 532 g/mol. The van der Waals surface area contributed by atoms with Gasteiger partial charge in [-0.15, -0.1) is 11.3 Å². The summed E-state index contributed by atoms with van der Waals surface area (Å²) in [6, 6.07) is 9.41. The van der Waals surface area contributed by atoms with Gasteiger partial charge in [-0.2, -0.15) is 0 Å². The van der Waals surface area contributed by atoms with Gasteiger partial charge in [0.25, 0.3) is 5.56 Å². The van der Waals surface area contributed by atoms with Crippen LogP contribution in [0.5, 0.6) is 0 Å². The van der Waals surface area contributed by atoms with E-state index in [0.29, 0.717) is 23.0 Å². The number of esters is 1. The SMILES string of the molecule is Cc1c(C(=O)OCCCC(C)(C)O[C@H](CO)c2ccccc2)sc2[nH]c(=O)n(C(C)(C)C(=O)O)c(=O)c12. The van der Waals surface area contributed by atoms with Gasteiger partial charge in [-0.05, 0) is 58.6 Å². The molecule has 0 unspecified atom stereocenters. The number of thiophene rings is 1. The van der Waals surface area contributed by atoms with Gasteiger partial charge < -0.3 is 19.7 Å². The molecule has 11 heteroatoms. The summed E-state index contributed by atoms with van der Waals surface area (Å²) in [7, 11) is 0. The summed E-state index contributed by atoms with van der Waals surface area (Å²) < 4.78 is 12.2. The van der Waals surface area contributed by atoms with E-state index in [4.69, 9.17) is 9.47 Å². The number of nitrogens with zero attached hydrogens (tertiary/aromatic N) is 1. The van der Waals surface area contributed by atoms with Gasteiger partial charge in [0.1, 0.15) is 21.4 Å². The Kier molecular flexibility index (Phi) is 8.41. The van der Waals surface area contributed by atoms with Crippen molar-refractivity contribution < 1.29 is 29.3 Å². The molecule has 3 rings (SSSR count). The first-order valence-electron chi connectivity index (χ1n) is 11.8. The van der Waals surface area contributed by atoms with Gasteiger partial charge in [-0.1, -0.05) is 30.3 Å². The van der Waals surface area contributed by atoms with Crippen LogP contribution in [-0.4, -0.2) is 50.5 Å². The number of aryl methyl sites for hydroxylation is 1. The van der Waals surface area contributed by atoms with Gasteiger partial charge >= 0.3 is 17.6 Å². The number of aliphatic carboxylic acids is 1. The Morgan fingerprint density at radius 1 is 1.14 bits per heavy atom. The highest BCUT2D eigenvalue weighted by molar-refractivity contribution is 7.20. The number of nitrogens with one attached hydrogen (secondary N) is 1. The second-order valence-corrected chi connectivity index (χ2v) is 10.9. The van der Waals surface area contributed by atoms with Crippen molar-refractivity contribution in [1.82, 2.24) is 9.55 Å². The zero-order valence-electron chi connectivity index (χ0n) is 21.5. The first kappa shape index (κ1) is 28.3. The second kappa shape index (κ2) is 11.0. The smallest absolute Gasteiger partial charge is 0.348 e. The summed E-state index contributed by atoms with van der Waals surface area (Å²) in [5.74, 6) is -1.98. The molecule has 0 fully saturated rings. The fourth-order valence-electron chi connectivity index (χ4n) is 4.06. The van der Waals surface area contributed by atoms with Crippen molar-refractivity contribution >= 4 is 33.5 Å². The number of carboxylic acid groups (broad SMARTS) is 1. The molecule has 2 heterocycles. The number of aromatic amines is 1. The van der Waals surface area contributed by atoms with E-state index in [9.17, 15) is 29.4 Å². The molecule has 0 spiro atoms. The van der Waals surface area contributed by atoms with Crippen LogP contribution >= 0.6 is 11.3 Å². The molecule has 0 radical (unpaired) electrons. The predicted octanol–water partition coefficient (Wildman–Crippen LogP) is 3.35. The maximum absolute atomic E-state index is 13.0. The molecule has 0 aliphatic heterocycles. The molecule has 0 bridgehead atoms. The van der Waals surface area contributed by atoms with Crippen LogP contribution in [0.4, 0.5) is 0 Å². The molecule has 37 heavy (non-hydrogen) atoms. The summed E-state index contributed by atoms with van der Waals surface area (Å²) in [6.07, 6.45) is 0.570. The van der Waals surface area contributed by atoms with Crippen molar-refractivity contribution in [2.75, 3.05) is 13.2 Å². The van der Waals surface area contributed by atoms with Crippen LogP contribution in [0.3, 0.4) is 0 Å². The third-order valence-electron chi connectivity index (χ3n) is 6.21. The van der Waals surface area contributed by atoms with Gasteiger partial charge in [0.2, 0.25) is 0 Å². The lowest BCUT2D eigenvalue weighted by Gasteiger charge is -2.30. The number of aromatic nitrogens is 2. The number of aliphatic hydroxyl groups excluding tert-OH is 1. The molecule has 0 aliphatic carbocycles. The average molecular weight is 533 g/mol. The minimum absolute atomic E-state index is 0.0800. The van der Waals surface area contributed by atoms with Crippen LogP contribution in [0.2, 0.25) is 0 Å². The van der Waals surface area contributed by atoms with Crippen LogP contribution in [-0.2, 0) is 19.8 Å². The summed E-state index contributed by atoms with van der Waals surface area (Å²) in [6.45, 7) is 7.79. The molecule has 10 nitrogen and oxygen atoms in total. The minimum Gasteiger partial charge on any atom is -0.480 e. The highest BCUT2D eigenvalue weighted by atomic mass is 32.1. The van der Waals surface area contributed by atoms with Gasteiger partial charge in [-0.3, -0.25) is 9.78 Å². The molecule has 0 amide bonds. The number of carbonyl (C=O) groups is 2. The van der Waals surface area contributed by atoms with Crippen molar-refractivity contribution in [3.63, 3.8) is 0 Å². The number of ether oxygens (including phenoxy) is 2. The lowest BCUT2D eigenvalue weighted by Crippen LogP contribution is -2.50. The van der Waals surface area contributed by atoms with Crippen molar-refractivity contribution in [3.8, 4) is 0 Å². The molecular formula is C26H32N2O8S. The van der Waals surface area contributed by atoms with Gasteiger partial charge in [0.15, 0.2) is 0 Å². The Balaban J connectivity index is 1.69. The zero-order valence-corrected chi connectivity index (χ0v) is 22.3. The van der Waals surface area contributed by atoms with Crippen molar-refractivity contribution in [2.24, 2.45) is 0 Å². The van der Waals surface area contributed by atoms with E-state index in [-0.39, 0.29) is 28.3 Å². The third-order valence-corrected chi connectivity index (χ3v) is 7.40. The van der Waals surface area contributed by atoms with E-state index >= 15 is 0 Å². The van der Waals surface area contributed by atoms with E-state index < -0.39 is 40.4 Å². The summed E-state index contributed by atoms with van der Waals surface area (Å²) >= 11 is 0.917. The lowest BCUT2D eigenvalue weighted by atomic mass is 10.0. The van der Waals surface area contributed by atoms with E-state index in [1.165, 1.54) is 13.8 Å². The Labute approximate surface area is 217 Å². The molecule has 0 saturated carbocycles. The third kappa shape index (κ3) is 6.00. The largest absolute Gasteiger partial charge is 0.480 e. The molecular weight excluding hydrogens is 500 g/mol. The maximum atomic E-state index is 13.0. The van der Waals surface area contributed by atoms with Crippen molar-refractivity contribution in [3.05, 3.63) is 67.2 Å². The average Bonchev–Trinajstić information content (AvgIpc) is 3.16. The number of rotatable bonds is 11. The second-order valence-electron chi connectivity index (χ2n) is 9.89. The number of hydrogen-bond donors (Lipinski definition) is 3. The lowest BCUT2D eigenvalue weighted by molar-refractivity contribution is -0.146. The highest BCUT2D eigenvalue weighted by Gasteiger charge is 2.34. The Morgan fingerprint density at radius 3 is 2.38 bits per heavy atom. The standard InChI is InChI=1S/C26H32N2O8S/c1-15-18-20(27-24(34)28(21(18)30)26(4,5)23(32)33)37-19(15)22(31)35-13-9-12-25(2,3)36-17(14-29)16-10-7-6-8-11-16/h6-8,10-11,17,29H,9,12-14H2,1-5H3,(H,27,34)(H,32,33)/t17-/m1/s1. The van der Waals surface area contributed by atoms with Gasteiger partial charge in [-0.25, -0.2) is 19.0 Å². The molecule has 1 aromatic carbocycles. The Morgan fingerprint density at radius 2 is 1.78 bits per heavy atom. The van der Waals surface area contributed by atoms with E-state index in [1.54, 1.807) is 6.92 Å². The number of benzene rings is 1. The highest BCUT2D eigenvalue weighted by Crippen LogP contribution is 2.29. The molecule has 200 valence electrons. The van der Waals surface area contributed by atoms with E-state index in [2.05, 4.69) is 4.98 Å². The molecule has 0 saturated heterocycles. The predicted molar refractivity (Wildman–Crippen MR) is 139 cm³/mol. The number of carbonyl (C=O) groups excluding carboxylic acids is 1. The quantitative estimate of drug-likeness (QED) is 0.252. The van der Waals surface area contributed by atoms with Crippen LogP contribution in [0.25, 0.3) is 10.2 Å². The van der Waals surface area contributed by atoms with Crippen LogP contribution in [0.15, 0.2) is 39.9 Å². The summed E-state index contributed by atoms with van der Waals surface area (Å²) in [5.41, 5.74) is -2.84. The summed E-state index contributed by atoms with van der Waals surface area (Å²) in [4.78, 5) is 52.8. The van der Waals surface area contributed by atoms with Crippen LogP contribution < -0.4 is 11.2 Å². The molecule has 3 aromatic rings. The molecule has 0 aliphatic rings. The van der Waals surface area contributed by atoms with E-state index in [1.807, 2.05) is 44.2 Å². The molecule has 3 N–H and O–H groups in total. The van der Waals surface area contributed by atoms with Crippen LogP contribution in [0.1, 0.15) is 67.4 Å². The first-order chi connectivity index (χ1) is 17.3. The van der Waals surface area contributed by atoms with Gasteiger partial charge in [0.05, 0.1) is 24.2 Å². The fourth-order valence-corrected chi connectivity index (χ4v) is 5.15. The maximum Gasteiger partial charge on any atom is 0.348 e. The number of aliphatic hydroxyl groups is 1. The van der Waals surface area contributed by atoms with Crippen molar-refractivity contribution in [2.45, 2.75) is 64.7 Å². The normalized spacial score (nSPS) is 13.0. The number of fused-ring (bicyclic) bond motifs is 1. The van der Waals surface area contributed by atoms with Crippen molar-refractivity contribution in [1.29, 1.82) is 0 Å². The summed E-state index contributed by atoms with van der Waals surface area (Å²) in [5, 5.41) is 19.3. The number of H-pyrrole nitrogens is 1. The van der Waals surface area contributed by atoms with Gasteiger partial charge in [0, 0.05) is 0 Å². The molecule has 1 atom stereocenters. The van der Waals surface area contributed by atoms with E-state index in [0.717, 1.165) is 16.9 Å². The topological polar surface area (TPSA) is 148 Å². The van der Waals surface area contributed by atoms with Crippen LogP contribution in [0, 0.1) is 6.92 Å². The molecule has 2 aromatic heterocycles. The zero-order chi connectivity index (χ0) is 27.5. The fraction of sp³-hybridized carbons (Fsp3) is 0.462. The minimum atomic E-state index is -1.78. The number of hydrogen-bond acceptors (Lipinski definition) is 8. The Bertz CT molecular complexity index is 1400. The first-order valence-corrected chi connectivity index (χ1v) is 12.6. The Hall–Kier alpha value is -3.28. The number of carboxylic acids is 1.